The van der Waals surface area contributed by atoms with Gasteiger partial charge in [-0.15, -0.1) is 6.58 Å². The van der Waals surface area contributed by atoms with Crippen LogP contribution in [0.4, 0.5) is 10.1 Å². The van der Waals surface area contributed by atoms with Crippen LogP contribution in [0.5, 0.6) is 0 Å². The molecule has 1 heterocycles. The first-order valence-electron chi connectivity index (χ1n) is 7.33. The molecular formula is C17H11ClFN3O3S. The minimum absolute atomic E-state index is 0.187. The van der Waals surface area contributed by atoms with Crippen molar-refractivity contribution in [3.05, 3.63) is 80.4 Å². The van der Waals surface area contributed by atoms with Gasteiger partial charge >= 0.3 is 0 Å². The maximum atomic E-state index is 13.5. The number of aromatic nitrogens is 1. The third-order valence-electron chi connectivity index (χ3n) is 3.54. The van der Waals surface area contributed by atoms with E-state index in [1.54, 1.807) is 16.7 Å². The largest absolute Gasteiger partial charge is 0.312 e. The molecule has 6 nitrogen and oxygen atoms in total. The monoisotopic (exact) mass is 391 g/mol. The van der Waals surface area contributed by atoms with E-state index < -0.39 is 16.6 Å². The lowest BCUT2D eigenvalue weighted by Gasteiger charge is -2.01. The van der Waals surface area contributed by atoms with Crippen LogP contribution in [0.25, 0.3) is 10.2 Å². The van der Waals surface area contributed by atoms with Crippen molar-refractivity contribution < 1.29 is 14.1 Å². The quantitative estimate of drug-likeness (QED) is 0.377. The van der Waals surface area contributed by atoms with E-state index in [4.69, 9.17) is 11.6 Å². The van der Waals surface area contributed by atoms with Gasteiger partial charge in [-0.2, -0.15) is 4.99 Å². The van der Waals surface area contributed by atoms with Gasteiger partial charge in [0.15, 0.2) is 4.80 Å². The first kappa shape index (κ1) is 18.0. The Labute approximate surface area is 155 Å². The molecule has 0 spiro atoms. The minimum Gasteiger partial charge on any atom is -0.312 e. The van der Waals surface area contributed by atoms with Crippen molar-refractivity contribution in [1.82, 2.24) is 4.57 Å². The fraction of sp³-hybridized carbons (Fsp3) is 0.0588. The molecule has 0 aliphatic rings. The van der Waals surface area contributed by atoms with Crippen LogP contribution in [0.15, 0.2) is 54.0 Å². The summed E-state index contributed by atoms with van der Waals surface area (Å²) in [6, 6.07) is 7.92. The van der Waals surface area contributed by atoms with Crippen LogP contribution in [0.2, 0.25) is 5.02 Å². The number of nitro groups is 1. The molecule has 0 aliphatic carbocycles. The van der Waals surface area contributed by atoms with Crippen LogP contribution in [-0.4, -0.2) is 15.4 Å². The van der Waals surface area contributed by atoms with Gasteiger partial charge in [-0.1, -0.05) is 29.0 Å². The molecular weight excluding hydrogens is 381 g/mol. The number of nitrogens with zero attached hydrogens (tertiary/aromatic N) is 3. The van der Waals surface area contributed by atoms with Crippen LogP contribution in [0, 0.1) is 15.9 Å². The van der Waals surface area contributed by atoms with E-state index in [-0.39, 0.29) is 21.1 Å². The molecule has 0 aliphatic heterocycles. The standard InChI is InChI=1S/C17H11ClFN3O3S/c1-2-7-21-14-6-4-11(19)9-15(14)26-17(21)20-16(23)12-8-10(18)3-5-13(12)22(24)25/h2-6,8-9H,1,7H2. The Bertz CT molecular complexity index is 1120. The van der Waals surface area contributed by atoms with Crippen molar-refractivity contribution in [2.75, 3.05) is 0 Å². The number of hydrogen-bond acceptors (Lipinski definition) is 4. The molecule has 9 heteroatoms. The number of carbonyl (C=O) groups is 1. The van der Waals surface area contributed by atoms with E-state index in [0.717, 1.165) is 17.4 Å². The zero-order valence-corrected chi connectivity index (χ0v) is 14.8. The fourth-order valence-corrected chi connectivity index (χ4v) is 3.66. The normalized spacial score (nSPS) is 11.7. The number of thiazole rings is 1. The second-order valence-electron chi connectivity index (χ2n) is 5.23. The van der Waals surface area contributed by atoms with Crippen molar-refractivity contribution in [2.24, 2.45) is 4.99 Å². The van der Waals surface area contributed by atoms with Crippen LogP contribution >= 0.6 is 22.9 Å². The Morgan fingerprint density at radius 3 is 2.85 bits per heavy atom. The molecule has 1 amide bonds. The van der Waals surface area contributed by atoms with Gasteiger partial charge in [0.25, 0.3) is 11.6 Å². The summed E-state index contributed by atoms with van der Waals surface area (Å²) in [5, 5.41) is 11.3. The number of fused-ring (bicyclic) bond motifs is 1. The lowest BCUT2D eigenvalue weighted by molar-refractivity contribution is -0.385. The Balaban J connectivity index is 2.20. The maximum Gasteiger partial charge on any atom is 0.286 e. The summed E-state index contributed by atoms with van der Waals surface area (Å²) >= 11 is 6.96. The first-order chi connectivity index (χ1) is 12.4. The highest BCUT2D eigenvalue weighted by Gasteiger charge is 2.20. The van der Waals surface area contributed by atoms with Crippen LogP contribution in [0.1, 0.15) is 10.4 Å². The highest BCUT2D eigenvalue weighted by atomic mass is 35.5. The van der Waals surface area contributed by atoms with E-state index in [1.165, 1.54) is 24.3 Å². The summed E-state index contributed by atoms with van der Waals surface area (Å²) in [7, 11) is 0. The van der Waals surface area contributed by atoms with Gasteiger partial charge in [0.2, 0.25) is 0 Å². The molecule has 26 heavy (non-hydrogen) atoms. The summed E-state index contributed by atoms with van der Waals surface area (Å²) in [4.78, 5) is 27.3. The predicted octanol–water partition coefficient (Wildman–Crippen LogP) is 4.33. The van der Waals surface area contributed by atoms with Crippen molar-refractivity contribution in [3.63, 3.8) is 0 Å². The number of rotatable bonds is 4. The highest BCUT2D eigenvalue weighted by molar-refractivity contribution is 7.16. The van der Waals surface area contributed by atoms with Gasteiger partial charge in [-0.05, 0) is 30.3 Å². The average Bonchev–Trinajstić information content (AvgIpc) is 2.91. The molecule has 2 aromatic carbocycles. The molecule has 0 fully saturated rings. The lowest BCUT2D eigenvalue weighted by Crippen LogP contribution is -2.16. The molecule has 0 atom stereocenters. The highest BCUT2D eigenvalue weighted by Crippen LogP contribution is 2.24. The van der Waals surface area contributed by atoms with Gasteiger partial charge in [0.05, 0.1) is 15.1 Å². The number of benzene rings is 2. The molecule has 0 radical (unpaired) electrons. The van der Waals surface area contributed by atoms with E-state index >= 15 is 0 Å². The smallest absolute Gasteiger partial charge is 0.286 e. The number of amides is 1. The van der Waals surface area contributed by atoms with Crippen LogP contribution < -0.4 is 4.80 Å². The average molecular weight is 392 g/mol. The van der Waals surface area contributed by atoms with Crippen molar-refractivity contribution >= 4 is 44.7 Å². The van der Waals surface area contributed by atoms with Crippen molar-refractivity contribution in [1.29, 1.82) is 0 Å². The number of nitro benzene ring substituents is 1. The van der Waals surface area contributed by atoms with E-state index in [1.807, 2.05) is 0 Å². The van der Waals surface area contributed by atoms with Gasteiger partial charge in [-0.3, -0.25) is 14.9 Å². The van der Waals surface area contributed by atoms with Crippen LogP contribution in [-0.2, 0) is 6.54 Å². The second kappa shape index (κ2) is 7.19. The zero-order valence-electron chi connectivity index (χ0n) is 13.2. The SMILES string of the molecule is C=CCn1c(=NC(=O)c2cc(Cl)ccc2[N+](=O)[O-])sc2cc(F)ccc21. The Hall–Kier alpha value is -2.84. The molecule has 0 saturated carbocycles. The molecule has 0 saturated heterocycles. The summed E-state index contributed by atoms with van der Waals surface area (Å²) < 4.78 is 15.7. The van der Waals surface area contributed by atoms with Crippen molar-refractivity contribution in [2.45, 2.75) is 6.54 Å². The molecule has 0 bridgehead atoms. The molecule has 1 aromatic heterocycles. The third kappa shape index (κ3) is 3.42. The topological polar surface area (TPSA) is 77.5 Å². The van der Waals surface area contributed by atoms with Crippen molar-refractivity contribution in [3.8, 4) is 0 Å². The van der Waals surface area contributed by atoms with Crippen LogP contribution in [0.3, 0.4) is 0 Å². The molecule has 3 rings (SSSR count). The molecule has 0 N–H and O–H groups in total. The first-order valence-corrected chi connectivity index (χ1v) is 8.53. The van der Waals surface area contributed by atoms with Gasteiger partial charge < -0.3 is 4.57 Å². The van der Waals surface area contributed by atoms with Gasteiger partial charge in [-0.25, -0.2) is 4.39 Å². The lowest BCUT2D eigenvalue weighted by atomic mass is 10.2. The Kier molecular flexibility index (Phi) is 4.97. The summed E-state index contributed by atoms with van der Waals surface area (Å²) in [5.41, 5.74) is 0.0882. The second-order valence-corrected chi connectivity index (χ2v) is 6.68. The zero-order chi connectivity index (χ0) is 18.8. The molecule has 0 unspecified atom stereocenters. The molecule has 3 aromatic rings. The predicted molar refractivity (Wildman–Crippen MR) is 98.0 cm³/mol. The summed E-state index contributed by atoms with van der Waals surface area (Å²) in [6.07, 6.45) is 1.61. The molecule has 132 valence electrons. The summed E-state index contributed by atoms with van der Waals surface area (Å²) in [5.74, 6) is -1.21. The fourth-order valence-electron chi connectivity index (χ4n) is 2.42. The van der Waals surface area contributed by atoms with E-state index in [9.17, 15) is 19.3 Å². The third-order valence-corrected chi connectivity index (χ3v) is 4.82. The number of carbonyl (C=O) groups excluding carboxylic acids is 1. The number of allylic oxidation sites excluding steroid dienone is 1. The summed E-state index contributed by atoms with van der Waals surface area (Å²) in [6.45, 7) is 4.01. The minimum atomic E-state index is -0.802. The maximum absolute atomic E-state index is 13.5. The number of hydrogen-bond donors (Lipinski definition) is 0. The van der Waals surface area contributed by atoms with E-state index in [0.29, 0.717) is 16.8 Å². The Morgan fingerprint density at radius 2 is 2.15 bits per heavy atom. The Morgan fingerprint density at radius 1 is 1.38 bits per heavy atom. The number of halogens is 2. The van der Waals surface area contributed by atoms with Gasteiger partial charge in [0.1, 0.15) is 11.4 Å². The van der Waals surface area contributed by atoms with E-state index in [2.05, 4.69) is 11.6 Å². The van der Waals surface area contributed by atoms with Gasteiger partial charge in [0, 0.05) is 17.6 Å².